The molecular formula is C15H27N5O. The fraction of sp³-hybridized carbons (Fsp3) is 0.733. The van der Waals surface area contributed by atoms with E-state index in [9.17, 15) is 0 Å². The summed E-state index contributed by atoms with van der Waals surface area (Å²) in [7, 11) is 0. The molecule has 118 valence electrons. The van der Waals surface area contributed by atoms with Crippen LogP contribution in [0.2, 0.25) is 0 Å². The van der Waals surface area contributed by atoms with Gasteiger partial charge in [0.1, 0.15) is 18.0 Å². The summed E-state index contributed by atoms with van der Waals surface area (Å²) in [4.78, 5) is 10.9. The molecule has 0 saturated carbocycles. The average molecular weight is 293 g/mol. The third-order valence-corrected chi connectivity index (χ3v) is 3.59. The Morgan fingerprint density at radius 3 is 2.52 bits per heavy atom. The highest BCUT2D eigenvalue weighted by Crippen LogP contribution is 2.09. The van der Waals surface area contributed by atoms with Gasteiger partial charge in [-0.25, -0.2) is 9.97 Å². The summed E-state index contributed by atoms with van der Waals surface area (Å²) in [5.41, 5.74) is 0. The van der Waals surface area contributed by atoms with Gasteiger partial charge in [0.15, 0.2) is 0 Å². The minimum Gasteiger partial charge on any atom is -0.379 e. The topological polar surface area (TPSA) is 62.3 Å². The van der Waals surface area contributed by atoms with Crippen molar-refractivity contribution in [3.05, 3.63) is 12.4 Å². The molecule has 6 heteroatoms. The highest BCUT2D eigenvalue weighted by molar-refractivity contribution is 5.46. The van der Waals surface area contributed by atoms with Gasteiger partial charge in [-0.3, -0.25) is 4.90 Å². The summed E-state index contributed by atoms with van der Waals surface area (Å²) in [6.07, 6.45) is 5.28. The molecule has 0 atom stereocenters. The molecule has 6 nitrogen and oxygen atoms in total. The summed E-state index contributed by atoms with van der Waals surface area (Å²) in [5, 5.41) is 6.70. The predicted octanol–water partition coefficient (Wildman–Crippen LogP) is 1.82. The molecule has 0 aliphatic carbocycles. The van der Waals surface area contributed by atoms with Crippen molar-refractivity contribution in [1.29, 1.82) is 0 Å². The smallest absolute Gasteiger partial charge is 0.131 e. The summed E-state index contributed by atoms with van der Waals surface area (Å²) in [5.74, 6) is 1.78. The monoisotopic (exact) mass is 293 g/mol. The number of morpholine rings is 1. The minimum absolute atomic E-state index is 0.847. The maximum Gasteiger partial charge on any atom is 0.131 e. The molecule has 1 aromatic heterocycles. The molecule has 0 radical (unpaired) electrons. The maximum absolute atomic E-state index is 5.34. The van der Waals surface area contributed by atoms with Gasteiger partial charge in [-0.1, -0.05) is 19.8 Å². The minimum atomic E-state index is 0.847. The number of nitrogens with zero attached hydrogens (tertiary/aromatic N) is 3. The third kappa shape index (κ3) is 6.27. The van der Waals surface area contributed by atoms with E-state index in [1.807, 2.05) is 6.07 Å². The van der Waals surface area contributed by atoms with Crippen LogP contribution in [-0.4, -0.2) is 60.8 Å². The van der Waals surface area contributed by atoms with Gasteiger partial charge in [0.05, 0.1) is 13.2 Å². The van der Waals surface area contributed by atoms with E-state index in [0.717, 1.165) is 57.6 Å². The Morgan fingerprint density at radius 2 is 1.81 bits per heavy atom. The van der Waals surface area contributed by atoms with Gasteiger partial charge in [-0.2, -0.15) is 0 Å². The lowest BCUT2D eigenvalue weighted by Crippen LogP contribution is -2.39. The second-order valence-electron chi connectivity index (χ2n) is 5.30. The number of nitrogens with one attached hydrogen (secondary N) is 2. The van der Waals surface area contributed by atoms with Crippen molar-refractivity contribution in [1.82, 2.24) is 14.9 Å². The van der Waals surface area contributed by atoms with Crippen molar-refractivity contribution in [2.75, 3.05) is 56.6 Å². The Labute approximate surface area is 127 Å². The molecule has 1 aliphatic rings. The Bertz CT molecular complexity index is 395. The summed E-state index contributed by atoms with van der Waals surface area (Å²) in [6, 6.07) is 1.98. The molecule has 1 saturated heterocycles. The third-order valence-electron chi connectivity index (χ3n) is 3.59. The quantitative estimate of drug-likeness (QED) is 0.677. The maximum atomic E-state index is 5.34. The highest BCUT2D eigenvalue weighted by Gasteiger charge is 2.09. The normalized spacial score (nSPS) is 15.9. The first-order valence-corrected chi connectivity index (χ1v) is 7.98. The summed E-state index contributed by atoms with van der Waals surface area (Å²) < 4.78 is 5.34. The zero-order valence-electron chi connectivity index (χ0n) is 13.0. The van der Waals surface area contributed by atoms with Gasteiger partial charge in [0, 0.05) is 38.8 Å². The molecule has 1 aliphatic heterocycles. The number of ether oxygens (including phenoxy) is 1. The first-order valence-electron chi connectivity index (χ1n) is 7.98. The first-order chi connectivity index (χ1) is 10.4. The molecule has 0 bridgehead atoms. The second-order valence-corrected chi connectivity index (χ2v) is 5.30. The van der Waals surface area contributed by atoms with E-state index in [-0.39, 0.29) is 0 Å². The van der Waals surface area contributed by atoms with Gasteiger partial charge in [-0.05, 0) is 6.42 Å². The van der Waals surface area contributed by atoms with E-state index < -0.39 is 0 Å². The van der Waals surface area contributed by atoms with Gasteiger partial charge >= 0.3 is 0 Å². The lowest BCUT2D eigenvalue weighted by atomic mass is 10.2. The van der Waals surface area contributed by atoms with Crippen molar-refractivity contribution in [2.24, 2.45) is 0 Å². The van der Waals surface area contributed by atoms with E-state index in [1.54, 1.807) is 6.33 Å². The number of unbranched alkanes of at least 4 members (excludes halogenated alkanes) is 2. The molecule has 2 heterocycles. The lowest BCUT2D eigenvalue weighted by molar-refractivity contribution is 0.0398. The van der Waals surface area contributed by atoms with Crippen LogP contribution in [0.25, 0.3) is 0 Å². The Morgan fingerprint density at radius 1 is 1.10 bits per heavy atom. The molecule has 1 fully saturated rings. The molecule has 1 aromatic rings. The van der Waals surface area contributed by atoms with E-state index in [0.29, 0.717) is 0 Å². The van der Waals surface area contributed by atoms with Crippen molar-refractivity contribution >= 4 is 11.6 Å². The number of hydrogen-bond donors (Lipinski definition) is 2. The number of hydrogen-bond acceptors (Lipinski definition) is 6. The fourth-order valence-corrected chi connectivity index (χ4v) is 2.31. The molecule has 2 rings (SSSR count). The zero-order chi connectivity index (χ0) is 14.8. The molecule has 0 aromatic carbocycles. The molecular weight excluding hydrogens is 266 g/mol. The van der Waals surface area contributed by atoms with E-state index >= 15 is 0 Å². The summed E-state index contributed by atoms with van der Waals surface area (Å²) >= 11 is 0. The lowest BCUT2D eigenvalue weighted by Gasteiger charge is -2.26. The van der Waals surface area contributed by atoms with Crippen LogP contribution in [0.4, 0.5) is 11.6 Å². The first kappa shape index (κ1) is 16.0. The van der Waals surface area contributed by atoms with Crippen LogP contribution < -0.4 is 10.6 Å². The number of rotatable bonds is 9. The van der Waals surface area contributed by atoms with Crippen molar-refractivity contribution in [2.45, 2.75) is 26.2 Å². The predicted molar refractivity (Wildman–Crippen MR) is 85.8 cm³/mol. The van der Waals surface area contributed by atoms with Gasteiger partial charge < -0.3 is 15.4 Å². The number of aromatic nitrogens is 2. The van der Waals surface area contributed by atoms with E-state index in [2.05, 4.69) is 32.4 Å². The number of anilines is 2. The van der Waals surface area contributed by atoms with Crippen LogP contribution >= 0.6 is 0 Å². The standard InChI is InChI=1S/C15H27N5O/c1-2-3-4-5-16-14-12-15(19-13-18-14)17-6-7-20-8-10-21-11-9-20/h12-13H,2-11H2,1H3,(H2,16,17,18,19). The van der Waals surface area contributed by atoms with Crippen LogP contribution in [0, 0.1) is 0 Å². The van der Waals surface area contributed by atoms with Gasteiger partial charge in [0.25, 0.3) is 0 Å². The Balaban J connectivity index is 1.67. The molecule has 21 heavy (non-hydrogen) atoms. The van der Waals surface area contributed by atoms with Crippen LogP contribution in [-0.2, 0) is 4.74 Å². The van der Waals surface area contributed by atoms with Crippen LogP contribution in [0.15, 0.2) is 12.4 Å². The second kappa shape index (κ2) is 9.52. The fourth-order valence-electron chi connectivity index (χ4n) is 2.31. The SMILES string of the molecule is CCCCCNc1cc(NCCN2CCOCC2)ncn1. The molecule has 2 N–H and O–H groups in total. The largest absolute Gasteiger partial charge is 0.379 e. The summed E-state index contributed by atoms with van der Waals surface area (Å²) in [6.45, 7) is 8.84. The van der Waals surface area contributed by atoms with E-state index in [1.165, 1.54) is 19.3 Å². The molecule has 0 amide bonds. The zero-order valence-corrected chi connectivity index (χ0v) is 13.0. The average Bonchev–Trinajstić information content (AvgIpc) is 2.53. The Hall–Kier alpha value is -1.40. The van der Waals surface area contributed by atoms with Crippen molar-refractivity contribution < 1.29 is 4.74 Å². The molecule has 0 unspecified atom stereocenters. The molecule has 0 spiro atoms. The van der Waals surface area contributed by atoms with Gasteiger partial charge in [-0.15, -0.1) is 0 Å². The van der Waals surface area contributed by atoms with Crippen LogP contribution in [0.1, 0.15) is 26.2 Å². The van der Waals surface area contributed by atoms with Crippen LogP contribution in [0.5, 0.6) is 0 Å². The van der Waals surface area contributed by atoms with Crippen molar-refractivity contribution in [3.63, 3.8) is 0 Å². The van der Waals surface area contributed by atoms with E-state index in [4.69, 9.17) is 4.74 Å². The Kier molecular flexibility index (Phi) is 7.24. The highest BCUT2D eigenvalue weighted by atomic mass is 16.5. The van der Waals surface area contributed by atoms with Crippen LogP contribution in [0.3, 0.4) is 0 Å². The van der Waals surface area contributed by atoms with Crippen molar-refractivity contribution in [3.8, 4) is 0 Å². The van der Waals surface area contributed by atoms with Gasteiger partial charge in [0.2, 0.25) is 0 Å².